The Bertz CT molecular complexity index is 657. The van der Waals surface area contributed by atoms with Gasteiger partial charge >= 0.3 is 0 Å². The Balaban J connectivity index is 1.61. The van der Waals surface area contributed by atoms with Gasteiger partial charge in [-0.15, -0.1) is 0 Å². The summed E-state index contributed by atoms with van der Waals surface area (Å²) in [4.78, 5) is 12.3. The second-order valence-corrected chi connectivity index (χ2v) is 7.80. The maximum atomic E-state index is 4.97. The molecule has 28 heavy (non-hydrogen) atoms. The van der Waals surface area contributed by atoms with Crippen LogP contribution in [-0.4, -0.2) is 68.1 Å². The van der Waals surface area contributed by atoms with Gasteiger partial charge in [-0.1, -0.05) is 38.1 Å². The Kier molecular flexibility index (Phi) is 7.78. The topological polar surface area (TPSA) is 34.1 Å². The fraction of sp³-hybridized carbons (Fsp3) is 0.609. The van der Waals surface area contributed by atoms with Crippen LogP contribution in [0, 0.1) is 5.92 Å². The number of aliphatic imine (C=N–C) groups is 1. The molecule has 0 bridgehead atoms. The molecule has 5 heteroatoms. The van der Waals surface area contributed by atoms with Crippen molar-refractivity contribution in [3.05, 3.63) is 42.0 Å². The fourth-order valence-electron chi connectivity index (χ4n) is 4.15. The van der Waals surface area contributed by atoms with Crippen molar-refractivity contribution in [3.8, 4) is 0 Å². The molecule has 0 radical (unpaired) electrons. The third kappa shape index (κ3) is 5.51. The molecule has 0 spiro atoms. The highest BCUT2D eigenvalue weighted by atomic mass is 15.3. The fourth-order valence-corrected chi connectivity index (χ4v) is 4.15. The summed E-state index contributed by atoms with van der Waals surface area (Å²) in [6, 6.07) is 8.82. The molecule has 0 aliphatic carbocycles. The Labute approximate surface area is 171 Å². The molecule has 1 atom stereocenters. The molecule has 0 aromatic heterocycles. The van der Waals surface area contributed by atoms with Gasteiger partial charge in [-0.25, -0.2) is 4.99 Å². The number of benzene rings is 1. The highest BCUT2D eigenvalue weighted by Gasteiger charge is 2.25. The number of rotatable bonds is 8. The van der Waals surface area contributed by atoms with E-state index in [1.807, 2.05) is 0 Å². The van der Waals surface area contributed by atoms with E-state index >= 15 is 0 Å². The molecule has 2 aliphatic heterocycles. The van der Waals surface area contributed by atoms with Crippen LogP contribution in [0.4, 0.5) is 5.69 Å². The Hall–Kier alpha value is -2.01. The van der Waals surface area contributed by atoms with Crippen molar-refractivity contribution in [1.29, 1.82) is 0 Å². The largest absolute Gasteiger partial charge is 0.364 e. The predicted molar refractivity (Wildman–Crippen MR) is 120 cm³/mol. The van der Waals surface area contributed by atoms with Crippen molar-refractivity contribution in [2.24, 2.45) is 10.9 Å². The van der Waals surface area contributed by atoms with Crippen LogP contribution in [0.3, 0.4) is 0 Å². The van der Waals surface area contributed by atoms with Gasteiger partial charge in [0.05, 0.1) is 6.54 Å². The zero-order valence-corrected chi connectivity index (χ0v) is 17.9. The summed E-state index contributed by atoms with van der Waals surface area (Å²) in [6.07, 6.45) is 5.73. The molecular formula is C23H37N5. The van der Waals surface area contributed by atoms with Gasteiger partial charge in [0.1, 0.15) is 0 Å². The van der Waals surface area contributed by atoms with E-state index in [0.29, 0.717) is 0 Å². The summed E-state index contributed by atoms with van der Waals surface area (Å²) in [7, 11) is 0. The average Bonchev–Trinajstić information content (AvgIpc) is 3.42. The first kappa shape index (κ1) is 20.7. The van der Waals surface area contributed by atoms with Crippen molar-refractivity contribution < 1.29 is 0 Å². The summed E-state index contributed by atoms with van der Waals surface area (Å²) in [5, 5.41) is 3.51. The third-order valence-corrected chi connectivity index (χ3v) is 5.84. The lowest BCUT2D eigenvalue weighted by Gasteiger charge is -2.24. The van der Waals surface area contributed by atoms with Crippen LogP contribution >= 0.6 is 0 Å². The minimum Gasteiger partial charge on any atom is -0.364 e. The molecule has 154 valence electrons. The number of nitrogens with one attached hydrogen (secondary N) is 1. The lowest BCUT2D eigenvalue weighted by atomic mass is 10.1. The van der Waals surface area contributed by atoms with E-state index in [1.54, 1.807) is 0 Å². The minimum atomic E-state index is 0.731. The van der Waals surface area contributed by atoms with Gasteiger partial charge in [0.15, 0.2) is 5.96 Å². The lowest BCUT2D eigenvalue weighted by Crippen LogP contribution is -2.40. The SMILES string of the molecule is CCNC(=NCc1cccc(N2CC=CC2)c1)N1CCC(CN(CC)CC)C1. The molecule has 3 rings (SSSR count). The van der Waals surface area contributed by atoms with Crippen molar-refractivity contribution >= 4 is 11.6 Å². The standard InChI is InChI=1S/C23H37N5/c1-4-24-23(28-15-12-21(19-28)18-26(5-2)6-3)25-17-20-10-9-11-22(16-20)27-13-7-8-14-27/h7-11,16,21H,4-6,12-15,17-19H2,1-3H3,(H,24,25). The van der Waals surface area contributed by atoms with Crippen molar-refractivity contribution in [2.45, 2.75) is 33.7 Å². The molecule has 1 fully saturated rings. The van der Waals surface area contributed by atoms with E-state index in [2.05, 4.69) is 77.2 Å². The van der Waals surface area contributed by atoms with Crippen molar-refractivity contribution in [3.63, 3.8) is 0 Å². The van der Waals surface area contributed by atoms with E-state index in [9.17, 15) is 0 Å². The predicted octanol–water partition coefficient (Wildman–Crippen LogP) is 3.19. The van der Waals surface area contributed by atoms with Crippen LogP contribution < -0.4 is 10.2 Å². The summed E-state index contributed by atoms with van der Waals surface area (Å²) < 4.78 is 0. The first-order valence-corrected chi connectivity index (χ1v) is 11.0. The summed E-state index contributed by atoms with van der Waals surface area (Å²) in [5.41, 5.74) is 2.57. The summed E-state index contributed by atoms with van der Waals surface area (Å²) in [5.74, 6) is 1.81. The molecule has 2 heterocycles. The molecule has 1 saturated heterocycles. The van der Waals surface area contributed by atoms with E-state index in [4.69, 9.17) is 4.99 Å². The highest BCUT2D eigenvalue weighted by Crippen LogP contribution is 2.20. The second-order valence-electron chi connectivity index (χ2n) is 7.80. The number of anilines is 1. The van der Waals surface area contributed by atoms with E-state index in [-0.39, 0.29) is 0 Å². The quantitative estimate of drug-likeness (QED) is 0.425. The minimum absolute atomic E-state index is 0.731. The molecule has 1 N–H and O–H groups in total. The van der Waals surface area contributed by atoms with Gasteiger partial charge < -0.3 is 20.0 Å². The Morgan fingerprint density at radius 2 is 1.96 bits per heavy atom. The number of hydrogen-bond acceptors (Lipinski definition) is 3. The molecule has 5 nitrogen and oxygen atoms in total. The van der Waals surface area contributed by atoms with Crippen LogP contribution in [0.5, 0.6) is 0 Å². The van der Waals surface area contributed by atoms with Crippen molar-refractivity contribution in [2.75, 3.05) is 57.3 Å². The summed E-state index contributed by atoms with van der Waals surface area (Å²) >= 11 is 0. The van der Waals surface area contributed by atoms with E-state index in [0.717, 1.165) is 64.2 Å². The van der Waals surface area contributed by atoms with Gasteiger partial charge in [0, 0.05) is 45.0 Å². The van der Waals surface area contributed by atoms with Gasteiger partial charge in [0.2, 0.25) is 0 Å². The average molecular weight is 384 g/mol. The molecule has 0 saturated carbocycles. The van der Waals surface area contributed by atoms with Crippen molar-refractivity contribution in [1.82, 2.24) is 15.1 Å². The number of hydrogen-bond donors (Lipinski definition) is 1. The maximum Gasteiger partial charge on any atom is 0.194 e. The van der Waals surface area contributed by atoms with Crippen LogP contribution in [-0.2, 0) is 6.54 Å². The van der Waals surface area contributed by atoms with Gasteiger partial charge in [-0.3, -0.25) is 0 Å². The van der Waals surface area contributed by atoms with Crippen LogP contribution in [0.1, 0.15) is 32.8 Å². The van der Waals surface area contributed by atoms with Gasteiger partial charge in [0.25, 0.3) is 0 Å². The normalized spacial score (nSPS) is 19.9. The molecule has 1 unspecified atom stereocenters. The first-order valence-electron chi connectivity index (χ1n) is 11.0. The Morgan fingerprint density at radius 1 is 1.18 bits per heavy atom. The zero-order chi connectivity index (χ0) is 19.8. The number of likely N-dealkylation sites (tertiary alicyclic amines) is 1. The zero-order valence-electron chi connectivity index (χ0n) is 17.9. The van der Waals surface area contributed by atoms with Gasteiger partial charge in [-0.05, 0) is 50.0 Å². The lowest BCUT2D eigenvalue weighted by molar-refractivity contribution is 0.255. The molecule has 2 aliphatic rings. The van der Waals surface area contributed by atoms with E-state index < -0.39 is 0 Å². The molecular weight excluding hydrogens is 346 g/mol. The van der Waals surface area contributed by atoms with Crippen LogP contribution in [0.25, 0.3) is 0 Å². The monoisotopic (exact) mass is 383 g/mol. The second kappa shape index (κ2) is 10.5. The third-order valence-electron chi connectivity index (χ3n) is 5.84. The number of nitrogens with zero attached hydrogens (tertiary/aromatic N) is 4. The summed E-state index contributed by atoms with van der Waals surface area (Å²) in [6.45, 7) is 16.0. The number of guanidine groups is 1. The van der Waals surface area contributed by atoms with E-state index in [1.165, 1.54) is 24.2 Å². The highest BCUT2D eigenvalue weighted by molar-refractivity contribution is 5.80. The molecule has 1 aromatic rings. The Morgan fingerprint density at radius 3 is 2.68 bits per heavy atom. The van der Waals surface area contributed by atoms with Crippen LogP contribution in [0.15, 0.2) is 41.4 Å². The maximum absolute atomic E-state index is 4.97. The van der Waals surface area contributed by atoms with Crippen LogP contribution in [0.2, 0.25) is 0 Å². The smallest absolute Gasteiger partial charge is 0.194 e. The first-order chi connectivity index (χ1) is 13.7. The molecule has 1 aromatic carbocycles. The van der Waals surface area contributed by atoms with Gasteiger partial charge in [-0.2, -0.15) is 0 Å². The molecule has 0 amide bonds.